The number of hydrogen-bond donors (Lipinski definition) is 2. The highest BCUT2D eigenvalue weighted by molar-refractivity contribution is 5.82. The molecule has 2 aromatic carbocycles. The maximum absolute atomic E-state index is 12.0. The molecule has 0 aliphatic rings. The summed E-state index contributed by atoms with van der Waals surface area (Å²) in [5.41, 5.74) is 2.50. The third kappa shape index (κ3) is 4.31. The lowest BCUT2D eigenvalue weighted by molar-refractivity contribution is 0.254. The molecule has 0 aliphatic carbocycles. The maximum atomic E-state index is 12.0. The van der Waals surface area contributed by atoms with Crippen LogP contribution >= 0.6 is 0 Å². The monoisotopic (exact) mass is 367 g/mol. The summed E-state index contributed by atoms with van der Waals surface area (Å²) in [4.78, 5) is 14.2. The van der Waals surface area contributed by atoms with Gasteiger partial charge in [-0.05, 0) is 42.6 Å². The zero-order valence-electron chi connectivity index (χ0n) is 15.7. The molecule has 1 aromatic heterocycles. The highest BCUT2D eigenvalue weighted by atomic mass is 16.4. The lowest BCUT2D eigenvalue weighted by Gasteiger charge is -2.23. The van der Waals surface area contributed by atoms with E-state index in [1.54, 1.807) is 12.1 Å². The molecule has 0 bridgehead atoms. The van der Waals surface area contributed by atoms with Crippen LogP contribution in [0.3, 0.4) is 0 Å². The summed E-state index contributed by atoms with van der Waals surface area (Å²) >= 11 is 0. The molecular weight excluding hydrogens is 342 g/mol. The molecule has 5 nitrogen and oxygen atoms in total. The van der Waals surface area contributed by atoms with Crippen molar-refractivity contribution in [2.75, 3.05) is 6.54 Å². The Labute approximate surface area is 158 Å². The average molecular weight is 367 g/mol. The minimum absolute atomic E-state index is 0.143. The molecule has 5 heteroatoms. The van der Waals surface area contributed by atoms with Crippen molar-refractivity contribution < 1.29 is 14.6 Å². The van der Waals surface area contributed by atoms with Crippen molar-refractivity contribution in [2.45, 2.75) is 39.8 Å². The highest BCUT2D eigenvalue weighted by Gasteiger charge is 2.14. The molecule has 0 amide bonds. The maximum Gasteiger partial charge on any atom is 0.336 e. The number of phenolic OH excluding ortho intramolecular Hbond substituents is 2. The summed E-state index contributed by atoms with van der Waals surface area (Å²) in [5, 5.41) is 21.0. The van der Waals surface area contributed by atoms with Gasteiger partial charge in [0.05, 0.1) is 0 Å². The van der Waals surface area contributed by atoms with Gasteiger partial charge in [-0.15, -0.1) is 0 Å². The summed E-state index contributed by atoms with van der Waals surface area (Å²) in [6.45, 7) is 6.04. The number of hydrogen-bond acceptors (Lipinski definition) is 5. The fourth-order valence-electron chi connectivity index (χ4n) is 3.38. The molecule has 0 unspecified atom stereocenters. The normalized spacial score (nSPS) is 11.4. The Balaban J connectivity index is 1.99. The molecule has 2 N–H and O–H groups in total. The first-order chi connectivity index (χ1) is 13.0. The van der Waals surface area contributed by atoms with Crippen LogP contribution < -0.4 is 5.63 Å². The van der Waals surface area contributed by atoms with E-state index in [9.17, 15) is 15.0 Å². The van der Waals surface area contributed by atoms with Crippen molar-refractivity contribution in [3.05, 3.63) is 69.6 Å². The number of phenols is 2. The molecule has 3 aromatic rings. The molecule has 0 atom stereocenters. The summed E-state index contributed by atoms with van der Waals surface area (Å²) in [7, 11) is 0. The molecule has 142 valence electrons. The van der Waals surface area contributed by atoms with E-state index in [0.717, 1.165) is 35.0 Å². The molecular formula is C22H25NO4. The molecule has 27 heavy (non-hydrogen) atoms. The lowest BCUT2D eigenvalue weighted by atomic mass is 10.0. The number of aryl methyl sites for hydroxylation is 1. The largest absolute Gasteiger partial charge is 0.508 e. The van der Waals surface area contributed by atoms with E-state index in [-0.39, 0.29) is 11.5 Å². The average Bonchev–Trinajstić information content (AvgIpc) is 2.63. The van der Waals surface area contributed by atoms with Gasteiger partial charge in [0.25, 0.3) is 0 Å². The topological polar surface area (TPSA) is 73.9 Å². The first kappa shape index (κ1) is 19.0. The Bertz CT molecular complexity index is 993. The fraction of sp³-hybridized carbons (Fsp3) is 0.318. The molecule has 3 rings (SSSR count). The lowest BCUT2D eigenvalue weighted by Crippen LogP contribution is -2.24. The van der Waals surface area contributed by atoms with Gasteiger partial charge in [-0.25, -0.2) is 4.79 Å². The number of nitrogens with zero attached hydrogens (tertiary/aromatic N) is 1. The van der Waals surface area contributed by atoms with Gasteiger partial charge in [0.2, 0.25) is 0 Å². The Morgan fingerprint density at radius 1 is 0.926 bits per heavy atom. The van der Waals surface area contributed by atoms with Crippen LogP contribution in [0.15, 0.2) is 51.7 Å². The van der Waals surface area contributed by atoms with E-state index in [4.69, 9.17) is 4.42 Å². The second-order valence-corrected chi connectivity index (χ2v) is 6.76. The third-order valence-corrected chi connectivity index (χ3v) is 4.73. The summed E-state index contributed by atoms with van der Waals surface area (Å²) in [6, 6.07) is 12.2. The first-order valence-electron chi connectivity index (χ1n) is 9.29. The second-order valence-electron chi connectivity index (χ2n) is 6.76. The van der Waals surface area contributed by atoms with Crippen LogP contribution in [-0.4, -0.2) is 21.7 Å². The van der Waals surface area contributed by atoms with Crippen molar-refractivity contribution in [3.8, 4) is 11.5 Å². The van der Waals surface area contributed by atoms with Gasteiger partial charge >= 0.3 is 5.63 Å². The quantitative estimate of drug-likeness (QED) is 0.613. The van der Waals surface area contributed by atoms with Crippen molar-refractivity contribution in [1.82, 2.24) is 4.90 Å². The summed E-state index contributed by atoms with van der Waals surface area (Å²) < 4.78 is 5.29. The van der Waals surface area contributed by atoms with Crippen LogP contribution in [0.25, 0.3) is 11.0 Å². The Morgan fingerprint density at radius 2 is 1.67 bits per heavy atom. The van der Waals surface area contributed by atoms with Gasteiger partial charge in [0, 0.05) is 36.2 Å². The van der Waals surface area contributed by atoms with Gasteiger partial charge in [-0.3, -0.25) is 4.90 Å². The van der Waals surface area contributed by atoms with Crippen LogP contribution in [0, 0.1) is 0 Å². The number of para-hydroxylation sites is 1. The van der Waals surface area contributed by atoms with Crippen LogP contribution in [0.4, 0.5) is 0 Å². The van der Waals surface area contributed by atoms with Crippen molar-refractivity contribution >= 4 is 11.0 Å². The first-order valence-corrected chi connectivity index (χ1v) is 9.29. The third-order valence-electron chi connectivity index (χ3n) is 4.73. The number of aromatic hydroxyl groups is 2. The summed E-state index contributed by atoms with van der Waals surface area (Å²) in [5.74, 6) is 0.416. The molecule has 0 fully saturated rings. The Morgan fingerprint density at radius 3 is 2.37 bits per heavy atom. The predicted octanol–water partition coefficient (Wildman–Crippen LogP) is 4.18. The molecule has 0 radical (unpaired) electrons. The number of rotatable bonds is 7. The van der Waals surface area contributed by atoms with E-state index in [0.29, 0.717) is 25.1 Å². The van der Waals surface area contributed by atoms with Crippen LogP contribution in [0.2, 0.25) is 0 Å². The van der Waals surface area contributed by atoms with E-state index < -0.39 is 5.63 Å². The van der Waals surface area contributed by atoms with E-state index in [1.807, 2.05) is 25.1 Å². The van der Waals surface area contributed by atoms with Crippen LogP contribution in [0.5, 0.6) is 11.5 Å². The minimum atomic E-state index is -0.430. The molecule has 0 saturated carbocycles. The molecule has 1 heterocycles. The smallest absolute Gasteiger partial charge is 0.336 e. The van der Waals surface area contributed by atoms with Gasteiger partial charge < -0.3 is 14.6 Å². The van der Waals surface area contributed by atoms with Gasteiger partial charge in [-0.2, -0.15) is 0 Å². The molecule has 0 saturated heterocycles. The van der Waals surface area contributed by atoms with Crippen LogP contribution in [-0.2, 0) is 19.5 Å². The standard InChI is InChI=1S/C22H25NO4/c1-3-9-23(13-16-7-5-6-8-19(16)24)14-17-11-22(26)27-21-12-20(25)15(4-2)10-18(17)21/h5-8,10-12,24-25H,3-4,9,13-14H2,1-2H3. The zero-order valence-corrected chi connectivity index (χ0v) is 15.7. The number of fused-ring (bicyclic) bond motifs is 1. The second kappa shape index (κ2) is 8.27. The fourth-order valence-corrected chi connectivity index (χ4v) is 3.38. The van der Waals surface area contributed by atoms with E-state index in [2.05, 4.69) is 11.8 Å². The van der Waals surface area contributed by atoms with Crippen molar-refractivity contribution in [2.24, 2.45) is 0 Å². The molecule has 0 aliphatic heterocycles. The minimum Gasteiger partial charge on any atom is -0.508 e. The van der Waals surface area contributed by atoms with Gasteiger partial charge in [-0.1, -0.05) is 32.0 Å². The van der Waals surface area contributed by atoms with Gasteiger partial charge in [0.1, 0.15) is 17.1 Å². The highest BCUT2D eigenvalue weighted by Crippen LogP contribution is 2.28. The number of benzene rings is 2. The van der Waals surface area contributed by atoms with E-state index in [1.165, 1.54) is 12.1 Å². The van der Waals surface area contributed by atoms with Gasteiger partial charge in [0.15, 0.2) is 0 Å². The Kier molecular flexibility index (Phi) is 5.81. The predicted molar refractivity (Wildman–Crippen MR) is 106 cm³/mol. The summed E-state index contributed by atoms with van der Waals surface area (Å²) in [6.07, 6.45) is 1.64. The SMILES string of the molecule is CCCN(Cc1ccccc1O)Cc1cc(=O)oc2cc(O)c(CC)cc12. The van der Waals surface area contributed by atoms with E-state index >= 15 is 0 Å². The zero-order chi connectivity index (χ0) is 19.4. The van der Waals surface area contributed by atoms with Crippen molar-refractivity contribution in [1.29, 1.82) is 0 Å². The van der Waals surface area contributed by atoms with Crippen molar-refractivity contribution in [3.63, 3.8) is 0 Å². The van der Waals surface area contributed by atoms with Crippen LogP contribution in [0.1, 0.15) is 37.0 Å². The molecule has 0 spiro atoms. The Hall–Kier alpha value is -2.79.